The van der Waals surface area contributed by atoms with Crippen LogP contribution in [0.15, 0.2) is 30.5 Å². The van der Waals surface area contributed by atoms with E-state index in [1.54, 1.807) is 18.3 Å². The summed E-state index contributed by atoms with van der Waals surface area (Å²) in [7, 11) is 0. The number of rotatable bonds is 4. The molecule has 0 atom stereocenters. The molecule has 0 spiro atoms. The van der Waals surface area contributed by atoms with E-state index < -0.39 is 5.91 Å². The van der Waals surface area contributed by atoms with Gasteiger partial charge in [-0.15, -0.1) is 10.2 Å². The van der Waals surface area contributed by atoms with E-state index in [1.807, 2.05) is 6.92 Å². The molecule has 2 aromatic rings. The van der Waals surface area contributed by atoms with Gasteiger partial charge in [-0.1, -0.05) is 11.6 Å². The van der Waals surface area contributed by atoms with Crippen LogP contribution in [0.25, 0.3) is 0 Å². The Hall–Kier alpha value is -2.21. The molecule has 1 N–H and O–H groups in total. The molecule has 19 heavy (non-hydrogen) atoms. The van der Waals surface area contributed by atoms with Crippen LogP contribution in [0.2, 0.25) is 5.15 Å². The summed E-state index contributed by atoms with van der Waals surface area (Å²) in [6, 6.07) is 6.38. The minimum absolute atomic E-state index is 0.163. The van der Waals surface area contributed by atoms with E-state index in [-0.39, 0.29) is 10.8 Å². The Morgan fingerprint density at radius 2 is 2.21 bits per heavy atom. The molecule has 2 rings (SSSR count). The number of nitrogens with one attached hydrogen (secondary N) is 1. The minimum atomic E-state index is -0.405. The van der Waals surface area contributed by atoms with Gasteiger partial charge in [-0.3, -0.25) is 4.79 Å². The molecule has 1 amide bonds. The quantitative estimate of drug-likeness (QED) is 0.927. The summed E-state index contributed by atoms with van der Waals surface area (Å²) in [5.41, 5.74) is 0.641. The molecule has 0 bridgehead atoms. The lowest BCUT2D eigenvalue weighted by molar-refractivity contribution is 0.102. The number of hydrogen-bond acceptors (Lipinski definition) is 5. The van der Waals surface area contributed by atoms with Crippen LogP contribution in [-0.4, -0.2) is 27.7 Å². The highest BCUT2D eigenvalue weighted by atomic mass is 35.5. The van der Waals surface area contributed by atoms with Gasteiger partial charge in [-0.25, -0.2) is 4.98 Å². The summed E-state index contributed by atoms with van der Waals surface area (Å²) in [5, 5.41) is 10.2. The van der Waals surface area contributed by atoms with Crippen molar-refractivity contribution >= 4 is 23.2 Å². The molecule has 0 aliphatic carbocycles. The summed E-state index contributed by atoms with van der Waals surface area (Å²) in [6.45, 7) is 2.30. The average molecular weight is 279 g/mol. The zero-order valence-electron chi connectivity index (χ0n) is 10.1. The predicted molar refractivity (Wildman–Crippen MR) is 70.4 cm³/mol. The Morgan fingerprint density at radius 1 is 1.37 bits per heavy atom. The van der Waals surface area contributed by atoms with Crippen molar-refractivity contribution in [2.24, 2.45) is 0 Å². The molecule has 0 saturated heterocycles. The third-order valence-corrected chi connectivity index (χ3v) is 2.37. The van der Waals surface area contributed by atoms with Crippen molar-refractivity contribution in [3.8, 4) is 5.88 Å². The molecule has 7 heteroatoms. The van der Waals surface area contributed by atoms with Crippen LogP contribution in [0.5, 0.6) is 5.88 Å². The largest absolute Gasteiger partial charge is 0.476 e. The molecule has 0 fully saturated rings. The van der Waals surface area contributed by atoms with Gasteiger partial charge in [-0.2, -0.15) is 0 Å². The predicted octanol–water partition coefficient (Wildman–Crippen LogP) is 2.18. The first-order valence-corrected chi connectivity index (χ1v) is 5.97. The number of pyridine rings is 1. The molecule has 2 aromatic heterocycles. The number of amides is 1. The van der Waals surface area contributed by atoms with Crippen molar-refractivity contribution in [3.05, 3.63) is 41.3 Å². The Labute approximate surface area is 114 Å². The number of ether oxygens (including phenoxy) is 1. The highest BCUT2D eigenvalue weighted by Crippen LogP contribution is 2.20. The maximum atomic E-state index is 11.9. The van der Waals surface area contributed by atoms with Crippen molar-refractivity contribution in [2.45, 2.75) is 6.92 Å². The fourth-order valence-corrected chi connectivity index (χ4v) is 1.46. The zero-order valence-corrected chi connectivity index (χ0v) is 10.9. The smallest absolute Gasteiger partial charge is 0.276 e. The maximum Gasteiger partial charge on any atom is 0.276 e. The molecule has 6 nitrogen and oxygen atoms in total. The Balaban J connectivity index is 2.16. The summed E-state index contributed by atoms with van der Waals surface area (Å²) in [5.74, 6) is -0.0432. The van der Waals surface area contributed by atoms with E-state index in [9.17, 15) is 4.79 Å². The van der Waals surface area contributed by atoms with Crippen LogP contribution in [0, 0.1) is 0 Å². The van der Waals surface area contributed by atoms with Crippen LogP contribution < -0.4 is 10.1 Å². The molecule has 0 radical (unpaired) electrons. The molecular formula is C12H11ClN4O2. The first-order chi connectivity index (χ1) is 9.20. The molecule has 0 aliphatic rings. The highest BCUT2D eigenvalue weighted by molar-refractivity contribution is 6.29. The van der Waals surface area contributed by atoms with Gasteiger partial charge >= 0.3 is 0 Å². The molecule has 0 aliphatic heterocycles. The van der Waals surface area contributed by atoms with Crippen LogP contribution in [0.4, 0.5) is 5.69 Å². The molecule has 2 heterocycles. The molecular weight excluding hydrogens is 268 g/mol. The number of hydrogen-bond donors (Lipinski definition) is 1. The van der Waals surface area contributed by atoms with Crippen LogP contribution in [0.1, 0.15) is 17.4 Å². The van der Waals surface area contributed by atoms with Gasteiger partial charge in [0.25, 0.3) is 5.91 Å². The maximum absolute atomic E-state index is 11.9. The van der Waals surface area contributed by atoms with E-state index in [0.29, 0.717) is 18.2 Å². The van der Waals surface area contributed by atoms with Gasteiger partial charge in [0.15, 0.2) is 10.8 Å². The second-order valence-electron chi connectivity index (χ2n) is 3.48. The average Bonchev–Trinajstić information content (AvgIpc) is 2.42. The van der Waals surface area contributed by atoms with Crippen molar-refractivity contribution < 1.29 is 9.53 Å². The van der Waals surface area contributed by atoms with Gasteiger partial charge in [-0.05, 0) is 31.2 Å². The van der Waals surface area contributed by atoms with Crippen LogP contribution >= 0.6 is 11.6 Å². The SMILES string of the molecule is CCOc1ncccc1NC(=O)c1ccc(Cl)nn1. The topological polar surface area (TPSA) is 77.0 Å². The lowest BCUT2D eigenvalue weighted by Gasteiger charge is -2.09. The molecule has 0 saturated carbocycles. The third kappa shape index (κ3) is 3.38. The minimum Gasteiger partial charge on any atom is -0.476 e. The number of nitrogens with zero attached hydrogens (tertiary/aromatic N) is 3. The van der Waals surface area contributed by atoms with Crippen LogP contribution in [-0.2, 0) is 0 Å². The number of carbonyl (C=O) groups excluding carboxylic acids is 1. The summed E-state index contributed by atoms with van der Waals surface area (Å²) >= 11 is 5.61. The second-order valence-corrected chi connectivity index (χ2v) is 3.87. The molecule has 0 aromatic carbocycles. The van der Waals surface area contributed by atoms with E-state index in [4.69, 9.17) is 16.3 Å². The van der Waals surface area contributed by atoms with Gasteiger partial charge in [0.2, 0.25) is 5.88 Å². The van der Waals surface area contributed by atoms with Crippen molar-refractivity contribution in [2.75, 3.05) is 11.9 Å². The standard InChI is InChI=1S/C12H11ClN4O2/c1-2-19-12-9(4-3-7-14-12)15-11(18)8-5-6-10(13)17-16-8/h3-7H,2H2,1H3,(H,15,18). The molecule has 98 valence electrons. The first kappa shape index (κ1) is 13.2. The third-order valence-electron chi connectivity index (χ3n) is 2.17. The van der Waals surface area contributed by atoms with E-state index in [1.165, 1.54) is 12.1 Å². The van der Waals surface area contributed by atoms with Crippen molar-refractivity contribution in [3.63, 3.8) is 0 Å². The summed E-state index contributed by atoms with van der Waals surface area (Å²) in [6.07, 6.45) is 1.59. The lowest BCUT2D eigenvalue weighted by atomic mass is 10.3. The molecule has 0 unspecified atom stereocenters. The summed E-state index contributed by atoms with van der Waals surface area (Å²) < 4.78 is 5.31. The van der Waals surface area contributed by atoms with E-state index in [0.717, 1.165) is 0 Å². The highest BCUT2D eigenvalue weighted by Gasteiger charge is 2.12. The van der Waals surface area contributed by atoms with Gasteiger partial charge in [0.1, 0.15) is 5.69 Å². The summed E-state index contributed by atoms with van der Waals surface area (Å²) in [4.78, 5) is 16.0. The number of aromatic nitrogens is 3. The van der Waals surface area contributed by atoms with E-state index >= 15 is 0 Å². The van der Waals surface area contributed by atoms with Crippen molar-refractivity contribution in [1.82, 2.24) is 15.2 Å². The fraction of sp³-hybridized carbons (Fsp3) is 0.167. The Kier molecular flexibility index (Phi) is 4.25. The first-order valence-electron chi connectivity index (χ1n) is 5.59. The monoisotopic (exact) mass is 278 g/mol. The Bertz CT molecular complexity index is 574. The van der Waals surface area contributed by atoms with Gasteiger partial charge < -0.3 is 10.1 Å². The number of halogens is 1. The number of carbonyl (C=O) groups is 1. The lowest BCUT2D eigenvalue weighted by Crippen LogP contribution is -2.15. The normalized spacial score (nSPS) is 10.0. The van der Waals surface area contributed by atoms with Crippen molar-refractivity contribution in [1.29, 1.82) is 0 Å². The Morgan fingerprint density at radius 3 is 2.89 bits per heavy atom. The van der Waals surface area contributed by atoms with Crippen LogP contribution in [0.3, 0.4) is 0 Å². The van der Waals surface area contributed by atoms with E-state index in [2.05, 4.69) is 20.5 Å². The second kappa shape index (κ2) is 6.10. The van der Waals surface area contributed by atoms with Gasteiger partial charge in [0, 0.05) is 6.20 Å². The number of anilines is 1. The van der Waals surface area contributed by atoms with Gasteiger partial charge in [0.05, 0.1) is 6.61 Å². The fourth-order valence-electron chi connectivity index (χ4n) is 1.36. The zero-order chi connectivity index (χ0) is 13.7.